The van der Waals surface area contributed by atoms with Gasteiger partial charge in [0.15, 0.2) is 0 Å². The van der Waals surface area contributed by atoms with Gasteiger partial charge in [-0.3, -0.25) is 4.79 Å². The zero-order valence-electron chi connectivity index (χ0n) is 7.81. The molecule has 3 N–H and O–H groups in total. The molecule has 80 valence electrons. The Morgan fingerprint density at radius 3 is 2.86 bits per heavy atom. The second-order valence-electron chi connectivity index (χ2n) is 3.18. The second kappa shape index (κ2) is 4.80. The molecule has 0 spiro atoms. The van der Waals surface area contributed by atoms with Crippen LogP contribution in [0.4, 0.5) is 4.79 Å². The average Bonchev–Trinajstić information content (AvgIpc) is 2.50. The molecule has 1 aliphatic rings. The minimum absolute atomic E-state index is 0.0246. The van der Waals surface area contributed by atoms with Crippen molar-refractivity contribution in [3.05, 3.63) is 0 Å². The Morgan fingerprint density at radius 2 is 2.43 bits per heavy atom. The minimum Gasteiger partial charge on any atom is -0.442 e. The average molecular weight is 202 g/mol. The Labute approximate surface area is 81.6 Å². The summed E-state index contributed by atoms with van der Waals surface area (Å²) < 4.78 is 4.60. The molecule has 6 nitrogen and oxygen atoms in total. The topological polar surface area (TPSA) is 92.9 Å². The number of amides is 2. The van der Waals surface area contributed by atoms with Crippen LogP contribution in [-0.2, 0) is 9.53 Å². The van der Waals surface area contributed by atoms with E-state index in [9.17, 15) is 9.59 Å². The number of rotatable bonds is 4. The summed E-state index contributed by atoms with van der Waals surface area (Å²) in [5.74, 6) is 0.0246. The Hall–Kier alpha value is -1.30. The van der Waals surface area contributed by atoms with Crippen molar-refractivity contribution in [2.24, 2.45) is 5.73 Å². The third kappa shape index (κ3) is 2.88. The van der Waals surface area contributed by atoms with E-state index in [-0.39, 0.29) is 19.1 Å². The number of aliphatic hydroxyl groups is 1. The molecule has 1 atom stereocenters. The van der Waals surface area contributed by atoms with Gasteiger partial charge in [0, 0.05) is 13.0 Å². The summed E-state index contributed by atoms with van der Waals surface area (Å²) in [7, 11) is 0. The van der Waals surface area contributed by atoms with Crippen LogP contribution < -0.4 is 5.73 Å². The molecule has 1 fully saturated rings. The van der Waals surface area contributed by atoms with Crippen molar-refractivity contribution in [2.45, 2.75) is 18.9 Å². The molecule has 0 aliphatic carbocycles. The normalized spacial score (nSPS) is 18.4. The Balaban J connectivity index is 2.39. The Bertz CT molecular complexity index is 231. The first-order chi connectivity index (χ1) is 6.63. The first kappa shape index (κ1) is 10.8. The molecular formula is C8H14N2O4. The Morgan fingerprint density at radius 1 is 1.71 bits per heavy atom. The van der Waals surface area contributed by atoms with Crippen molar-refractivity contribution in [3.63, 3.8) is 0 Å². The predicted octanol–water partition coefficient (Wildman–Crippen LogP) is -0.935. The highest BCUT2D eigenvalue weighted by Crippen LogP contribution is 2.10. The summed E-state index contributed by atoms with van der Waals surface area (Å²) in [5, 5.41) is 8.85. The SMILES string of the molecule is NC(=O)OC(CO)CN1CCCC1=O. The molecule has 1 heterocycles. The van der Waals surface area contributed by atoms with E-state index in [0.29, 0.717) is 13.0 Å². The zero-order chi connectivity index (χ0) is 10.6. The number of nitrogens with zero attached hydrogens (tertiary/aromatic N) is 1. The molecule has 1 aliphatic heterocycles. The van der Waals surface area contributed by atoms with Crippen molar-refractivity contribution < 1.29 is 19.4 Å². The fourth-order valence-electron chi connectivity index (χ4n) is 1.44. The maximum Gasteiger partial charge on any atom is 0.404 e. The highest BCUT2D eigenvalue weighted by atomic mass is 16.6. The second-order valence-corrected chi connectivity index (χ2v) is 3.18. The molecule has 14 heavy (non-hydrogen) atoms. The number of aliphatic hydroxyl groups excluding tert-OH is 1. The van der Waals surface area contributed by atoms with Gasteiger partial charge in [0.25, 0.3) is 0 Å². The fraction of sp³-hybridized carbons (Fsp3) is 0.750. The van der Waals surface area contributed by atoms with Crippen LogP contribution in [0.5, 0.6) is 0 Å². The smallest absolute Gasteiger partial charge is 0.404 e. The quantitative estimate of drug-likeness (QED) is 0.615. The van der Waals surface area contributed by atoms with Crippen LogP contribution in [0.1, 0.15) is 12.8 Å². The van der Waals surface area contributed by atoms with Crippen LogP contribution in [0.3, 0.4) is 0 Å². The molecule has 0 bridgehead atoms. The van der Waals surface area contributed by atoms with Gasteiger partial charge in [0.1, 0.15) is 6.10 Å². The van der Waals surface area contributed by atoms with Crippen LogP contribution in [-0.4, -0.2) is 47.8 Å². The molecule has 0 aromatic rings. The molecule has 0 aromatic heterocycles. The van der Waals surface area contributed by atoms with Gasteiger partial charge in [-0.15, -0.1) is 0 Å². The lowest BCUT2D eigenvalue weighted by Gasteiger charge is -2.21. The highest BCUT2D eigenvalue weighted by molar-refractivity contribution is 5.78. The van der Waals surface area contributed by atoms with Gasteiger partial charge in [-0.2, -0.15) is 0 Å². The molecule has 1 saturated heterocycles. The van der Waals surface area contributed by atoms with Crippen LogP contribution in [0, 0.1) is 0 Å². The van der Waals surface area contributed by atoms with E-state index in [2.05, 4.69) is 4.74 Å². The number of nitrogens with two attached hydrogens (primary N) is 1. The van der Waals surface area contributed by atoms with Crippen LogP contribution in [0.15, 0.2) is 0 Å². The van der Waals surface area contributed by atoms with Crippen LogP contribution in [0.2, 0.25) is 0 Å². The van der Waals surface area contributed by atoms with Crippen LogP contribution in [0.25, 0.3) is 0 Å². The molecule has 0 radical (unpaired) electrons. The zero-order valence-corrected chi connectivity index (χ0v) is 7.81. The van der Waals surface area contributed by atoms with E-state index >= 15 is 0 Å². The maximum atomic E-state index is 11.2. The summed E-state index contributed by atoms with van der Waals surface area (Å²) in [6.45, 7) is 0.544. The number of ether oxygens (including phenoxy) is 1. The molecular weight excluding hydrogens is 188 g/mol. The van der Waals surface area contributed by atoms with Gasteiger partial charge in [0.05, 0.1) is 13.2 Å². The number of carbonyl (C=O) groups is 2. The lowest BCUT2D eigenvalue weighted by molar-refractivity contribution is -0.129. The number of hydrogen-bond acceptors (Lipinski definition) is 4. The highest BCUT2D eigenvalue weighted by Gasteiger charge is 2.24. The largest absolute Gasteiger partial charge is 0.442 e. The van der Waals surface area contributed by atoms with Gasteiger partial charge in [-0.1, -0.05) is 0 Å². The summed E-state index contributed by atoms with van der Waals surface area (Å²) in [6, 6.07) is 0. The van der Waals surface area contributed by atoms with E-state index in [4.69, 9.17) is 10.8 Å². The first-order valence-electron chi connectivity index (χ1n) is 4.48. The van der Waals surface area contributed by atoms with Crippen molar-refractivity contribution in [2.75, 3.05) is 19.7 Å². The lowest BCUT2D eigenvalue weighted by atomic mass is 10.3. The molecule has 2 amide bonds. The third-order valence-corrected chi connectivity index (χ3v) is 2.08. The van der Waals surface area contributed by atoms with E-state index in [1.165, 1.54) is 0 Å². The molecule has 6 heteroatoms. The third-order valence-electron chi connectivity index (χ3n) is 2.08. The molecule has 0 saturated carbocycles. The summed E-state index contributed by atoms with van der Waals surface area (Å²) in [6.07, 6.45) is -0.312. The summed E-state index contributed by atoms with van der Waals surface area (Å²) in [5.41, 5.74) is 4.80. The van der Waals surface area contributed by atoms with Crippen molar-refractivity contribution >= 4 is 12.0 Å². The van der Waals surface area contributed by atoms with Gasteiger partial charge in [-0.05, 0) is 6.42 Å². The van der Waals surface area contributed by atoms with Gasteiger partial charge in [0.2, 0.25) is 5.91 Å². The number of likely N-dealkylation sites (tertiary alicyclic amines) is 1. The lowest BCUT2D eigenvalue weighted by Crippen LogP contribution is -2.38. The van der Waals surface area contributed by atoms with Crippen molar-refractivity contribution in [1.82, 2.24) is 4.90 Å². The number of hydrogen-bond donors (Lipinski definition) is 2. The molecule has 0 aromatic carbocycles. The van der Waals surface area contributed by atoms with Gasteiger partial charge < -0.3 is 20.5 Å². The van der Waals surface area contributed by atoms with E-state index < -0.39 is 12.2 Å². The number of primary amides is 1. The first-order valence-corrected chi connectivity index (χ1v) is 4.48. The van der Waals surface area contributed by atoms with Crippen molar-refractivity contribution in [1.29, 1.82) is 0 Å². The fourth-order valence-corrected chi connectivity index (χ4v) is 1.44. The Kier molecular flexibility index (Phi) is 3.70. The van der Waals surface area contributed by atoms with E-state index in [0.717, 1.165) is 6.42 Å². The molecule has 1 rings (SSSR count). The standard InChI is InChI=1S/C8H14N2O4/c9-8(13)14-6(5-11)4-10-3-1-2-7(10)12/h6,11H,1-5H2,(H2,9,13). The predicted molar refractivity (Wildman–Crippen MR) is 47.4 cm³/mol. The van der Waals surface area contributed by atoms with E-state index in [1.54, 1.807) is 4.90 Å². The maximum absolute atomic E-state index is 11.2. The van der Waals surface area contributed by atoms with Crippen LogP contribution >= 0.6 is 0 Å². The van der Waals surface area contributed by atoms with Crippen molar-refractivity contribution in [3.8, 4) is 0 Å². The van der Waals surface area contributed by atoms with Gasteiger partial charge >= 0.3 is 6.09 Å². The number of carbonyl (C=O) groups excluding carboxylic acids is 2. The van der Waals surface area contributed by atoms with E-state index in [1.807, 2.05) is 0 Å². The van der Waals surface area contributed by atoms with Gasteiger partial charge in [-0.25, -0.2) is 4.79 Å². The minimum atomic E-state index is -0.935. The monoisotopic (exact) mass is 202 g/mol. The summed E-state index contributed by atoms with van der Waals surface area (Å²) >= 11 is 0. The summed E-state index contributed by atoms with van der Waals surface area (Å²) in [4.78, 5) is 23.2. The molecule has 1 unspecified atom stereocenters.